The highest BCUT2D eigenvalue weighted by Crippen LogP contribution is 2.28. The van der Waals surface area contributed by atoms with Gasteiger partial charge in [-0.2, -0.15) is 0 Å². The second-order valence-electron chi connectivity index (χ2n) is 2.93. The van der Waals surface area contributed by atoms with Gasteiger partial charge in [-0.25, -0.2) is 0 Å². The zero-order valence-electron chi connectivity index (χ0n) is 8.21. The van der Waals surface area contributed by atoms with Gasteiger partial charge in [0.05, 0.1) is 23.7 Å². The van der Waals surface area contributed by atoms with Crippen molar-refractivity contribution in [3.05, 3.63) is 33.9 Å². The Morgan fingerprint density at radius 2 is 2.33 bits per heavy atom. The molecule has 0 aliphatic carbocycles. The zero-order chi connectivity index (χ0) is 11.4. The van der Waals surface area contributed by atoms with Gasteiger partial charge >= 0.3 is 0 Å². The highest BCUT2D eigenvalue weighted by Gasteiger charge is 2.20. The number of aliphatic hydroxyl groups is 1. The smallest absolute Gasteiger partial charge is 0.275 e. The van der Waals surface area contributed by atoms with E-state index < -0.39 is 11.0 Å². The van der Waals surface area contributed by atoms with Crippen LogP contribution in [0.25, 0.3) is 0 Å². The lowest BCUT2D eigenvalue weighted by Gasteiger charge is -2.10. The number of nitrogens with zero attached hydrogens (tertiary/aromatic N) is 1. The topological polar surface area (TPSA) is 98.6 Å². The normalized spacial score (nSPS) is 12.2. The largest absolute Gasteiger partial charge is 0.497 e. The van der Waals surface area contributed by atoms with Gasteiger partial charge in [0.2, 0.25) is 0 Å². The molecule has 0 fully saturated rings. The van der Waals surface area contributed by atoms with Crippen LogP contribution in [-0.2, 0) is 0 Å². The number of aliphatic hydroxyl groups excluding tert-OH is 1. The average molecular weight is 212 g/mol. The van der Waals surface area contributed by atoms with Crippen LogP contribution >= 0.6 is 0 Å². The number of benzene rings is 1. The third kappa shape index (κ3) is 2.42. The summed E-state index contributed by atoms with van der Waals surface area (Å²) >= 11 is 0. The van der Waals surface area contributed by atoms with Crippen LogP contribution in [-0.4, -0.2) is 23.7 Å². The van der Waals surface area contributed by atoms with Crippen LogP contribution in [0.2, 0.25) is 0 Å². The third-order valence-electron chi connectivity index (χ3n) is 2.01. The summed E-state index contributed by atoms with van der Waals surface area (Å²) < 4.78 is 4.91. The van der Waals surface area contributed by atoms with Crippen LogP contribution in [0.1, 0.15) is 11.7 Å². The molecule has 1 aromatic rings. The number of nitrogens with two attached hydrogens (primary N) is 1. The van der Waals surface area contributed by atoms with E-state index in [-0.39, 0.29) is 17.8 Å². The summed E-state index contributed by atoms with van der Waals surface area (Å²) in [5.41, 5.74) is 5.26. The SMILES string of the molecule is COc1ccc([N+](=O)[O-])c([C@H](O)CN)c1. The first kappa shape index (κ1) is 11.4. The first-order valence-electron chi connectivity index (χ1n) is 4.30. The van der Waals surface area contributed by atoms with E-state index in [2.05, 4.69) is 0 Å². The molecule has 0 unspecified atom stereocenters. The second kappa shape index (κ2) is 4.72. The standard InChI is InChI=1S/C9H12N2O4/c1-15-6-2-3-8(11(13)14)7(4-6)9(12)5-10/h2-4,9,12H,5,10H2,1H3/t9-/m1/s1. The molecule has 0 amide bonds. The van der Waals surface area contributed by atoms with Crippen LogP contribution in [0.3, 0.4) is 0 Å². The third-order valence-corrected chi connectivity index (χ3v) is 2.01. The molecule has 0 aromatic heterocycles. The van der Waals surface area contributed by atoms with Crippen molar-refractivity contribution < 1.29 is 14.8 Å². The lowest BCUT2D eigenvalue weighted by atomic mass is 10.1. The molecule has 6 heteroatoms. The molecule has 0 aliphatic rings. The number of rotatable bonds is 4. The Kier molecular flexibility index (Phi) is 3.59. The van der Waals surface area contributed by atoms with E-state index >= 15 is 0 Å². The van der Waals surface area contributed by atoms with E-state index in [1.807, 2.05) is 0 Å². The Balaban J connectivity index is 3.22. The zero-order valence-corrected chi connectivity index (χ0v) is 8.21. The fraction of sp³-hybridized carbons (Fsp3) is 0.333. The molecular formula is C9H12N2O4. The van der Waals surface area contributed by atoms with Gasteiger partial charge in [0.15, 0.2) is 0 Å². The Bertz CT molecular complexity index is 367. The maximum Gasteiger partial charge on any atom is 0.275 e. The lowest BCUT2D eigenvalue weighted by Crippen LogP contribution is -2.13. The second-order valence-corrected chi connectivity index (χ2v) is 2.93. The molecule has 1 rings (SSSR count). The Labute approximate surface area is 86.4 Å². The molecule has 82 valence electrons. The van der Waals surface area contributed by atoms with Gasteiger partial charge in [0.25, 0.3) is 5.69 Å². The van der Waals surface area contributed by atoms with Gasteiger partial charge in [0, 0.05) is 12.6 Å². The van der Waals surface area contributed by atoms with Gasteiger partial charge in [-0.15, -0.1) is 0 Å². The summed E-state index contributed by atoms with van der Waals surface area (Å²) in [6, 6.07) is 4.16. The van der Waals surface area contributed by atoms with Crippen molar-refractivity contribution in [1.29, 1.82) is 0 Å². The Morgan fingerprint density at radius 3 is 2.80 bits per heavy atom. The summed E-state index contributed by atoms with van der Waals surface area (Å²) in [5.74, 6) is 0.447. The predicted molar refractivity (Wildman–Crippen MR) is 53.7 cm³/mol. The van der Waals surface area contributed by atoms with Crippen molar-refractivity contribution in [1.82, 2.24) is 0 Å². The lowest BCUT2D eigenvalue weighted by molar-refractivity contribution is -0.386. The van der Waals surface area contributed by atoms with Gasteiger partial charge in [-0.05, 0) is 12.1 Å². The Morgan fingerprint density at radius 1 is 1.67 bits per heavy atom. The van der Waals surface area contributed by atoms with Crippen molar-refractivity contribution in [3.63, 3.8) is 0 Å². The first-order chi connectivity index (χ1) is 7.10. The molecule has 1 atom stereocenters. The number of methoxy groups -OCH3 is 1. The van der Waals surface area contributed by atoms with Gasteiger partial charge < -0.3 is 15.6 Å². The van der Waals surface area contributed by atoms with Crippen LogP contribution < -0.4 is 10.5 Å². The quantitative estimate of drug-likeness (QED) is 0.562. The van der Waals surface area contributed by atoms with Crippen molar-refractivity contribution >= 4 is 5.69 Å². The monoisotopic (exact) mass is 212 g/mol. The molecule has 0 saturated carbocycles. The predicted octanol–water partition coefficient (Wildman–Crippen LogP) is 0.595. The molecule has 0 radical (unpaired) electrons. The summed E-state index contributed by atoms with van der Waals surface area (Å²) in [7, 11) is 1.44. The van der Waals surface area contributed by atoms with Gasteiger partial charge in [0.1, 0.15) is 5.75 Å². The average Bonchev–Trinajstić information content (AvgIpc) is 2.26. The molecule has 0 heterocycles. The van der Waals surface area contributed by atoms with E-state index in [0.717, 1.165) is 0 Å². The number of nitro groups is 1. The highest BCUT2D eigenvalue weighted by atomic mass is 16.6. The van der Waals surface area contributed by atoms with E-state index in [9.17, 15) is 15.2 Å². The molecule has 3 N–H and O–H groups in total. The summed E-state index contributed by atoms with van der Waals surface area (Å²) in [6.45, 7) is -0.0754. The van der Waals surface area contributed by atoms with Crippen molar-refractivity contribution in [2.75, 3.05) is 13.7 Å². The Hall–Kier alpha value is -1.66. The molecular weight excluding hydrogens is 200 g/mol. The molecule has 6 nitrogen and oxygen atoms in total. The van der Waals surface area contributed by atoms with Crippen LogP contribution in [0.5, 0.6) is 5.75 Å². The minimum Gasteiger partial charge on any atom is -0.497 e. The number of nitro benzene ring substituents is 1. The fourth-order valence-corrected chi connectivity index (χ4v) is 1.22. The molecule has 0 spiro atoms. The number of ether oxygens (including phenoxy) is 1. The van der Waals surface area contributed by atoms with Gasteiger partial charge in [-0.3, -0.25) is 10.1 Å². The van der Waals surface area contributed by atoms with E-state index in [1.165, 1.54) is 25.3 Å². The molecule has 0 aliphatic heterocycles. The minimum absolute atomic E-state index is 0.0754. The number of hydrogen-bond acceptors (Lipinski definition) is 5. The molecule has 0 bridgehead atoms. The van der Waals surface area contributed by atoms with E-state index in [0.29, 0.717) is 5.75 Å². The molecule has 15 heavy (non-hydrogen) atoms. The van der Waals surface area contributed by atoms with Gasteiger partial charge in [-0.1, -0.05) is 0 Å². The van der Waals surface area contributed by atoms with E-state index in [4.69, 9.17) is 10.5 Å². The molecule has 1 aromatic carbocycles. The first-order valence-corrected chi connectivity index (χ1v) is 4.30. The van der Waals surface area contributed by atoms with Crippen molar-refractivity contribution in [3.8, 4) is 5.75 Å². The van der Waals surface area contributed by atoms with Crippen LogP contribution in [0, 0.1) is 10.1 Å². The highest BCUT2D eigenvalue weighted by molar-refractivity contribution is 5.46. The van der Waals surface area contributed by atoms with E-state index in [1.54, 1.807) is 0 Å². The molecule has 0 saturated heterocycles. The van der Waals surface area contributed by atoms with Crippen LogP contribution in [0.15, 0.2) is 18.2 Å². The van der Waals surface area contributed by atoms with Crippen LogP contribution in [0.4, 0.5) is 5.69 Å². The summed E-state index contributed by atoms with van der Waals surface area (Å²) in [5, 5.41) is 20.1. The van der Waals surface area contributed by atoms with Crippen molar-refractivity contribution in [2.24, 2.45) is 5.73 Å². The minimum atomic E-state index is -1.06. The van der Waals surface area contributed by atoms with Crippen molar-refractivity contribution in [2.45, 2.75) is 6.10 Å². The maximum absolute atomic E-state index is 10.7. The number of hydrogen-bond donors (Lipinski definition) is 2. The summed E-state index contributed by atoms with van der Waals surface area (Å²) in [4.78, 5) is 10.1. The summed E-state index contributed by atoms with van der Waals surface area (Å²) in [6.07, 6.45) is -1.06. The maximum atomic E-state index is 10.7. The fourth-order valence-electron chi connectivity index (χ4n) is 1.22.